The van der Waals surface area contributed by atoms with Gasteiger partial charge in [0.05, 0.1) is 18.0 Å². The van der Waals surface area contributed by atoms with Crippen LogP contribution in [0.15, 0.2) is 34.5 Å². The van der Waals surface area contributed by atoms with Gasteiger partial charge in [-0.2, -0.15) is 0 Å². The van der Waals surface area contributed by atoms with Crippen LogP contribution in [0.4, 0.5) is 4.79 Å². The van der Waals surface area contributed by atoms with E-state index in [0.717, 1.165) is 22.2 Å². The fourth-order valence-corrected chi connectivity index (χ4v) is 2.93. The largest absolute Gasteiger partial charge is 0.497 e. The van der Waals surface area contributed by atoms with Gasteiger partial charge in [-0.15, -0.1) is 0 Å². The Kier molecular flexibility index (Phi) is 3.34. The first-order chi connectivity index (χ1) is 9.90. The molecule has 0 aromatic carbocycles. The highest BCUT2D eigenvalue weighted by atomic mass is 16.6. The van der Waals surface area contributed by atoms with Gasteiger partial charge in [-0.1, -0.05) is 0 Å². The number of hydrogen-bond donors (Lipinski definition) is 1. The number of allylic oxidation sites excluding steroid dienone is 3. The number of amides is 1. The molecule has 0 saturated heterocycles. The first-order valence-electron chi connectivity index (χ1n) is 6.88. The van der Waals surface area contributed by atoms with Crippen LogP contribution in [-0.4, -0.2) is 38.1 Å². The molecule has 0 aliphatic carbocycles. The molecular formula is C14H18BNO5. The first-order valence-corrected chi connectivity index (χ1v) is 6.88. The lowest BCUT2D eigenvalue weighted by atomic mass is 9.68. The molecule has 0 bridgehead atoms. The van der Waals surface area contributed by atoms with E-state index in [1.165, 1.54) is 0 Å². The van der Waals surface area contributed by atoms with E-state index in [2.05, 4.69) is 0 Å². The summed E-state index contributed by atoms with van der Waals surface area (Å²) in [6, 6.07) is 0. The summed E-state index contributed by atoms with van der Waals surface area (Å²) in [4.78, 5) is 10.8. The van der Waals surface area contributed by atoms with E-state index >= 15 is 0 Å². The zero-order chi connectivity index (χ0) is 15.2. The molecule has 3 rings (SSSR count). The predicted molar refractivity (Wildman–Crippen MR) is 76.1 cm³/mol. The molecule has 3 aliphatic rings. The summed E-state index contributed by atoms with van der Waals surface area (Å²) in [5, 5.41) is 0. The monoisotopic (exact) mass is 291 g/mol. The van der Waals surface area contributed by atoms with Crippen LogP contribution in [0, 0.1) is 0 Å². The summed E-state index contributed by atoms with van der Waals surface area (Å²) in [5.74, 6) is 0. The van der Waals surface area contributed by atoms with Gasteiger partial charge in [0.2, 0.25) is 0 Å². The Morgan fingerprint density at radius 2 is 2.33 bits per heavy atom. The lowest BCUT2D eigenvalue weighted by Crippen LogP contribution is -2.39. The number of rotatable bonds is 2. The van der Waals surface area contributed by atoms with Crippen molar-refractivity contribution in [3.63, 3.8) is 0 Å². The third-order valence-electron chi connectivity index (χ3n) is 4.11. The summed E-state index contributed by atoms with van der Waals surface area (Å²) < 4.78 is 22.3. The maximum Gasteiger partial charge on any atom is 0.495 e. The van der Waals surface area contributed by atoms with Crippen molar-refractivity contribution in [3.05, 3.63) is 34.5 Å². The highest BCUT2D eigenvalue weighted by Gasteiger charge is 2.50. The molecule has 1 amide bonds. The average Bonchev–Trinajstić information content (AvgIpc) is 2.57. The van der Waals surface area contributed by atoms with E-state index < -0.39 is 18.8 Å². The molecule has 3 aliphatic heterocycles. The van der Waals surface area contributed by atoms with Crippen LogP contribution in [0.2, 0.25) is 0 Å². The number of carbonyl (C=O) groups excluding carboxylic acids is 1. The van der Waals surface area contributed by atoms with Crippen molar-refractivity contribution in [2.75, 3.05) is 13.2 Å². The Labute approximate surface area is 123 Å². The minimum Gasteiger partial charge on any atom is -0.497 e. The van der Waals surface area contributed by atoms with Gasteiger partial charge in [0.25, 0.3) is 0 Å². The highest BCUT2D eigenvalue weighted by molar-refractivity contribution is 6.57. The van der Waals surface area contributed by atoms with Crippen LogP contribution in [0.3, 0.4) is 0 Å². The fourth-order valence-electron chi connectivity index (χ4n) is 2.93. The molecule has 7 heteroatoms. The maximum absolute atomic E-state index is 10.8. The second-order valence-corrected chi connectivity index (χ2v) is 5.82. The van der Waals surface area contributed by atoms with Gasteiger partial charge in [0, 0.05) is 0 Å². The van der Waals surface area contributed by atoms with Crippen LogP contribution in [0.5, 0.6) is 0 Å². The Balaban J connectivity index is 1.99. The number of nitrogens with two attached hydrogens (primary N) is 1. The third-order valence-corrected chi connectivity index (χ3v) is 4.11. The molecule has 1 unspecified atom stereocenters. The number of hydrogen-bond acceptors (Lipinski definition) is 5. The zero-order valence-electron chi connectivity index (χ0n) is 12.3. The van der Waals surface area contributed by atoms with E-state index in [9.17, 15) is 4.79 Å². The lowest BCUT2D eigenvalue weighted by molar-refractivity contribution is 0.0592. The number of carbonyl (C=O) groups is 1. The molecule has 3 heterocycles. The van der Waals surface area contributed by atoms with Crippen LogP contribution >= 0.6 is 0 Å². The van der Waals surface area contributed by atoms with Gasteiger partial charge in [-0.05, 0) is 49.0 Å². The third kappa shape index (κ3) is 2.36. The topological polar surface area (TPSA) is 80.0 Å². The predicted octanol–water partition coefficient (Wildman–Crippen LogP) is 1.47. The first kappa shape index (κ1) is 14.2. The Morgan fingerprint density at radius 1 is 1.57 bits per heavy atom. The van der Waals surface area contributed by atoms with Crippen LogP contribution in [-0.2, 0) is 18.8 Å². The van der Waals surface area contributed by atoms with Gasteiger partial charge in [0.1, 0.15) is 13.2 Å². The van der Waals surface area contributed by atoms with Crippen LogP contribution in [0.25, 0.3) is 0 Å². The minimum absolute atomic E-state index is 0.0717. The molecule has 1 atom stereocenters. The number of ether oxygens (including phenoxy) is 2. The van der Waals surface area contributed by atoms with Gasteiger partial charge in [-0.25, -0.2) is 4.79 Å². The highest BCUT2D eigenvalue weighted by Crippen LogP contribution is 2.43. The molecule has 0 spiro atoms. The number of primary amides is 1. The lowest BCUT2D eigenvalue weighted by Gasteiger charge is -2.29. The summed E-state index contributed by atoms with van der Waals surface area (Å²) in [7, 11) is -0.471. The average molecular weight is 291 g/mol. The SMILES string of the molecule is CC1=C2C=COCC3=C2B(OC1COC(N)=O)OC3(C)C. The molecule has 0 saturated carbocycles. The van der Waals surface area contributed by atoms with Crippen molar-refractivity contribution in [1.29, 1.82) is 0 Å². The summed E-state index contributed by atoms with van der Waals surface area (Å²) in [6.45, 7) is 6.49. The smallest absolute Gasteiger partial charge is 0.495 e. The van der Waals surface area contributed by atoms with Crippen molar-refractivity contribution in [3.8, 4) is 0 Å². The second-order valence-electron chi connectivity index (χ2n) is 5.82. The summed E-state index contributed by atoms with van der Waals surface area (Å²) in [5.41, 5.74) is 8.69. The Bertz CT molecular complexity index is 578. The van der Waals surface area contributed by atoms with Crippen molar-refractivity contribution in [1.82, 2.24) is 0 Å². The minimum atomic E-state index is -0.814. The summed E-state index contributed by atoms with van der Waals surface area (Å²) in [6.07, 6.45) is 2.40. The standard InChI is InChI=1S/C14H18BNO5/c1-8-9-4-5-18-6-10-12(9)15(21-14(10,2)3)20-11(8)7-19-13(16)17/h4-5,11H,6-7H2,1-3H3,(H2,16,17). The molecule has 0 aromatic rings. The maximum atomic E-state index is 10.8. The van der Waals surface area contributed by atoms with E-state index in [-0.39, 0.29) is 12.7 Å². The van der Waals surface area contributed by atoms with Crippen LogP contribution < -0.4 is 5.73 Å². The van der Waals surface area contributed by atoms with Gasteiger partial charge >= 0.3 is 13.2 Å². The normalized spacial score (nSPS) is 26.4. The molecule has 6 nitrogen and oxygen atoms in total. The second kappa shape index (κ2) is 4.93. The molecule has 0 radical (unpaired) electrons. The van der Waals surface area contributed by atoms with Crippen molar-refractivity contribution >= 4 is 13.2 Å². The van der Waals surface area contributed by atoms with Crippen molar-refractivity contribution in [2.45, 2.75) is 32.5 Å². The molecule has 21 heavy (non-hydrogen) atoms. The Morgan fingerprint density at radius 3 is 3.05 bits per heavy atom. The molecule has 0 fully saturated rings. The zero-order valence-corrected chi connectivity index (χ0v) is 12.3. The molecule has 2 N–H and O–H groups in total. The quantitative estimate of drug-likeness (QED) is 0.779. The Hall–Kier alpha value is -1.73. The van der Waals surface area contributed by atoms with Crippen molar-refractivity contribution < 1.29 is 23.6 Å². The summed E-state index contributed by atoms with van der Waals surface area (Å²) >= 11 is 0. The molecular weight excluding hydrogens is 273 g/mol. The van der Waals surface area contributed by atoms with Gasteiger partial charge in [-0.3, -0.25) is 0 Å². The molecule has 112 valence electrons. The van der Waals surface area contributed by atoms with Crippen molar-refractivity contribution in [2.24, 2.45) is 5.73 Å². The van der Waals surface area contributed by atoms with E-state index in [1.807, 2.05) is 26.8 Å². The van der Waals surface area contributed by atoms with E-state index in [1.54, 1.807) is 6.26 Å². The van der Waals surface area contributed by atoms with Crippen LogP contribution in [0.1, 0.15) is 20.8 Å². The van der Waals surface area contributed by atoms with E-state index in [4.69, 9.17) is 24.5 Å². The van der Waals surface area contributed by atoms with Gasteiger partial charge in [0.15, 0.2) is 0 Å². The van der Waals surface area contributed by atoms with Gasteiger partial charge < -0.3 is 24.5 Å². The molecule has 0 aromatic heterocycles. The van der Waals surface area contributed by atoms with E-state index in [0.29, 0.717) is 6.61 Å². The fraction of sp³-hybridized carbons (Fsp3) is 0.500.